The van der Waals surface area contributed by atoms with Gasteiger partial charge in [-0.15, -0.1) is 0 Å². The standard InChI is InChI=1S/C21H18ClFN2O3S/c1-14-11-18(8-9-19(14)23)29(27,28)20(16-3-2-10-24-12-16)13-25-21(26)15-4-6-17(22)7-5-15/h2-12,20H,13H2,1H3,(H,25,26). The Bertz CT molecular complexity index is 1120. The summed E-state index contributed by atoms with van der Waals surface area (Å²) in [6.45, 7) is 1.32. The van der Waals surface area contributed by atoms with Gasteiger partial charge in [-0.2, -0.15) is 0 Å². The van der Waals surface area contributed by atoms with E-state index in [1.165, 1.54) is 31.5 Å². The molecular formula is C21H18ClFN2O3S. The van der Waals surface area contributed by atoms with Gasteiger partial charge in [-0.05, 0) is 66.6 Å². The van der Waals surface area contributed by atoms with E-state index in [1.807, 2.05) is 0 Å². The minimum atomic E-state index is -3.92. The van der Waals surface area contributed by atoms with Crippen LogP contribution >= 0.6 is 11.6 Å². The average molecular weight is 433 g/mol. The van der Waals surface area contributed by atoms with Crippen LogP contribution in [-0.2, 0) is 9.84 Å². The van der Waals surface area contributed by atoms with Gasteiger partial charge < -0.3 is 5.32 Å². The number of nitrogens with zero attached hydrogens (tertiary/aromatic N) is 1. The largest absolute Gasteiger partial charge is 0.350 e. The van der Waals surface area contributed by atoms with Gasteiger partial charge in [-0.3, -0.25) is 9.78 Å². The van der Waals surface area contributed by atoms with Crippen molar-refractivity contribution in [3.63, 3.8) is 0 Å². The Labute approximate surface area is 173 Å². The number of hydrogen-bond acceptors (Lipinski definition) is 4. The lowest BCUT2D eigenvalue weighted by molar-refractivity contribution is 0.0953. The van der Waals surface area contributed by atoms with Crippen LogP contribution in [0.4, 0.5) is 4.39 Å². The molecule has 150 valence electrons. The number of halogens is 2. The Hall–Kier alpha value is -2.77. The predicted molar refractivity (Wildman–Crippen MR) is 109 cm³/mol. The molecule has 1 heterocycles. The fourth-order valence-electron chi connectivity index (χ4n) is 2.82. The summed E-state index contributed by atoms with van der Waals surface area (Å²) >= 11 is 5.83. The molecule has 0 aliphatic carbocycles. The molecule has 8 heteroatoms. The maximum atomic E-state index is 13.6. The van der Waals surface area contributed by atoms with Crippen molar-refractivity contribution in [2.24, 2.45) is 0 Å². The highest BCUT2D eigenvalue weighted by molar-refractivity contribution is 7.91. The molecule has 1 aromatic heterocycles. The molecule has 0 aliphatic heterocycles. The SMILES string of the molecule is Cc1cc(S(=O)(=O)C(CNC(=O)c2ccc(Cl)cc2)c2cccnc2)ccc1F. The third-order valence-corrected chi connectivity index (χ3v) is 6.79. The second kappa shape index (κ2) is 8.71. The second-order valence-electron chi connectivity index (χ2n) is 6.45. The zero-order valence-electron chi connectivity index (χ0n) is 15.5. The second-order valence-corrected chi connectivity index (χ2v) is 9.01. The molecule has 0 radical (unpaired) electrons. The third kappa shape index (κ3) is 4.81. The Morgan fingerprint density at radius 2 is 1.90 bits per heavy atom. The summed E-state index contributed by atoms with van der Waals surface area (Å²) in [5.74, 6) is -0.918. The number of benzene rings is 2. The van der Waals surface area contributed by atoms with Gasteiger partial charge in [0.25, 0.3) is 5.91 Å². The highest BCUT2D eigenvalue weighted by Crippen LogP contribution is 2.29. The van der Waals surface area contributed by atoms with E-state index < -0.39 is 26.8 Å². The van der Waals surface area contributed by atoms with Crippen molar-refractivity contribution in [3.05, 3.63) is 94.5 Å². The van der Waals surface area contributed by atoms with E-state index >= 15 is 0 Å². The number of nitrogens with one attached hydrogen (secondary N) is 1. The molecule has 1 amide bonds. The molecule has 29 heavy (non-hydrogen) atoms. The van der Waals surface area contributed by atoms with E-state index in [0.29, 0.717) is 16.1 Å². The first-order valence-corrected chi connectivity index (χ1v) is 10.6. The Morgan fingerprint density at radius 1 is 1.17 bits per heavy atom. The topological polar surface area (TPSA) is 76.1 Å². The lowest BCUT2D eigenvalue weighted by atomic mass is 10.2. The first-order chi connectivity index (χ1) is 13.8. The molecule has 0 fully saturated rings. The van der Waals surface area contributed by atoms with E-state index in [1.54, 1.807) is 36.4 Å². The first kappa shape index (κ1) is 21.0. The Morgan fingerprint density at radius 3 is 2.52 bits per heavy atom. The van der Waals surface area contributed by atoms with Crippen LogP contribution in [0.2, 0.25) is 5.02 Å². The first-order valence-electron chi connectivity index (χ1n) is 8.73. The molecule has 0 saturated heterocycles. The lowest BCUT2D eigenvalue weighted by Gasteiger charge is -2.19. The zero-order chi connectivity index (χ0) is 21.0. The Kier molecular flexibility index (Phi) is 6.30. The third-order valence-electron chi connectivity index (χ3n) is 4.44. The van der Waals surface area contributed by atoms with Gasteiger partial charge in [-0.25, -0.2) is 12.8 Å². The quantitative estimate of drug-likeness (QED) is 0.594. The zero-order valence-corrected chi connectivity index (χ0v) is 17.0. The van der Waals surface area contributed by atoms with Crippen LogP contribution in [0.3, 0.4) is 0 Å². The van der Waals surface area contributed by atoms with Gasteiger partial charge in [0.2, 0.25) is 0 Å². The molecule has 1 unspecified atom stereocenters. The number of sulfone groups is 1. The van der Waals surface area contributed by atoms with Gasteiger partial charge in [0.1, 0.15) is 11.1 Å². The maximum absolute atomic E-state index is 13.6. The molecule has 2 aromatic carbocycles. The highest BCUT2D eigenvalue weighted by Gasteiger charge is 2.30. The molecule has 0 bridgehead atoms. The highest BCUT2D eigenvalue weighted by atomic mass is 35.5. The number of rotatable bonds is 6. The molecular weight excluding hydrogens is 415 g/mol. The van der Waals surface area contributed by atoms with Crippen molar-refractivity contribution in [2.45, 2.75) is 17.1 Å². The smallest absolute Gasteiger partial charge is 0.251 e. The van der Waals surface area contributed by atoms with Crippen LogP contribution < -0.4 is 5.32 Å². The summed E-state index contributed by atoms with van der Waals surface area (Å²) in [4.78, 5) is 16.4. The summed E-state index contributed by atoms with van der Waals surface area (Å²) in [6, 6.07) is 13.1. The van der Waals surface area contributed by atoms with Crippen LogP contribution in [0, 0.1) is 12.7 Å². The van der Waals surface area contributed by atoms with Crippen molar-refractivity contribution in [2.75, 3.05) is 6.54 Å². The molecule has 0 saturated carbocycles. The molecule has 3 aromatic rings. The van der Waals surface area contributed by atoms with E-state index in [9.17, 15) is 17.6 Å². The van der Waals surface area contributed by atoms with Gasteiger partial charge in [0.05, 0.1) is 4.90 Å². The lowest BCUT2D eigenvalue weighted by Crippen LogP contribution is -2.32. The van der Waals surface area contributed by atoms with Crippen LogP contribution in [0.25, 0.3) is 0 Å². The summed E-state index contributed by atoms with van der Waals surface area (Å²) in [5.41, 5.74) is 1.00. The van der Waals surface area contributed by atoms with Gasteiger partial charge >= 0.3 is 0 Å². The van der Waals surface area contributed by atoms with Crippen molar-refractivity contribution in [1.29, 1.82) is 0 Å². The van der Waals surface area contributed by atoms with Gasteiger partial charge in [-0.1, -0.05) is 17.7 Å². The van der Waals surface area contributed by atoms with E-state index in [0.717, 1.165) is 6.07 Å². The molecule has 0 aliphatic rings. The van der Waals surface area contributed by atoms with Gasteiger partial charge in [0, 0.05) is 29.5 Å². The van der Waals surface area contributed by atoms with Crippen molar-refractivity contribution in [3.8, 4) is 0 Å². The molecule has 1 atom stereocenters. The normalized spacial score (nSPS) is 12.4. The summed E-state index contributed by atoms with van der Waals surface area (Å²) in [5, 5.41) is 2.06. The van der Waals surface area contributed by atoms with Crippen molar-refractivity contribution < 1.29 is 17.6 Å². The Balaban J connectivity index is 1.91. The monoisotopic (exact) mass is 432 g/mol. The molecule has 3 rings (SSSR count). The number of carbonyl (C=O) groups excluding carboxylic acids is 1. The van der Waals surface area contributed by atoms with Crippen LogP contribution in [0.5, 0.6) is 0 Å². The van der Waals surface area contributed by atoms with Crippen molar-refractivity contribution >= 4 is 27.3 Å². The van der Waals surface area contributed by atoms with E-state index in [2.05, 4.69) is 10.3 Å². The number of aromatic nitrogens is 1. The number of carbonyl (C=O) groups is 1. The predicted octanol–water partition coefficient (Wildman–Crippen LogP) is 4.13. The average Bonchev–Trinajstić information content (AvgIpc) is 2.71. The number of aryl methyl sites for hydroxylation is 1. The van der Waals surface area contributed by atoms with Crippen molar-refractivity contribution in [1.82, 2.24) is 10.3 Å². The molecule has 5 nitrogen and oxygen atoms in total. The number of pyridine rings is 1. The molecule has 1 N–H and O–H groups in total. The minimum Gasteiger partial charge on any atom is -0.350 e. The van der Waals surface area contributed by atoms with Crippen LogP contribution in [0.15, 0.2) is 71.9 Å². The molecule has 0 spiro atoms. The van der Waals surface area contributed by atoms with Crippen LogP contribution in [-0.4, -0.2) is 25.9 Å². The van der Waals surface area contributed by atoms with E-state index in [4.69, 9.17) is 11.6 Å². The summed E-state index contributed by atoms with van der Waals surface area (Å²) in [7, 11) is -3.92. The summed E-state index contributed by atoms with van der Waals surface area (Å²) < 4.78 is 40.2. The number of amides is 1. The number of hydrogen-bond donors (Lipinski definition) is 1. The van der Waals surface area contributed by atoms with Crippen LogP contribution in [0.1, 0.15) is 26.7 Å². The van der Waals surface area contributed by atoms with E-state index in [-0.39, 0.29) is 17.0 Å². The minimum absolute atomic E-state index is 0.0222. The fraction of sp³-hybridized carbons (Fsp3) is 0.143. The maximum Gasteiger partial charge on any atom is 0.251 e. The van der Waals surface area contributed by atoms with Gasteiger partial charge in [0.15, 0.2) is 9.84 Å². The summed E-state index contributed by atoms with van der Waals surface area (Å²) in [6.07, 6.45) is 2.97. The fourth-order valence-corrected chi connectivity index (χ4v) is 4.67.